The molecule has 0 aromatic heterocycles. The van der Waals surface area contributed by atoms with Crippen molar-refractivity contribution in [1.82, 2.24) is 0 Å². The molecule has 1 aliphatic rings. The van der Waals surface area contributed by atoms with E-state index >= 15 is 0 Å². The topological polar surface area (TPSA) is 0 Å². The van der Waals surface area contributed by atoms with E-state index in [1.165, 1.54) is 24.8 Å². The molecule has 1 aromatic carbocycles. The molecule has 14 heavy (non-hydrogen) atoms. The zero-order chi connectivity index (χ0) is 9.86. The van der Waals surface area contributed by atoms with Crippen LogP contribution in [0.25, 0.3) is 0 Å². The summed E-state index contributed by atoms with van der Waals surface area (Å²) in [4.78, 5) is 0. The summed E-state index contributed by atoms with van der Waals surface area (Å²) in [5.41, 5.74) is 1.38. The quantitative estimate of drug-likeness (QED) is 0.552. The number of rotatable bonds is 2. The predicted molar refractivity (Wildman–Crippen MR) is 64.9 cm³/mol. The first-order chi connectivity index (χ1) is 6.79. The van der Waals surface area contributed by atoms with Gasteiger partial charge in [0.1, 0.15) is 0 Å². The standard InChI is InChI=1S/C13H16S/c14-13(9-5-2-6-10-13)11-12-7-3-1-4-8-12/h1,3-5,7-9,14H,2,6,10-11H2/t13-/m0/s1. The molecule has 74 valence electrons. The van der Waals surface area contributed by atoms with E-state index in [4.69, 9.17) is 12.6 Å². The number of hydrogen-bond acceptors (Lipinski definition) is 1. The maximum atomic E-state index is 4.77. The Morgan fingerprint density at radius 1 is 1.21 bits per heavy atom. The van der Waals surface area contributed by atoms with Crippen LogP contribution in [0.3, 0.4) is 0 Å². The van der Waals surface area contributed by atoms with Crippen molar-refractivity contribution in [2.45, 2.75) is 30.4 Å². The molecule has 2 rings (SSSR count). The first kappa shape index (κ1) is 9.85. The second kappa shape index (κ2) is 4.22. The van der Waals surface area contributed by atoms with Crippen molar-refractivity contribution in [3.8, 4) is 0 Å². The van der Waals surface area contributed by atoms with Gasteiger partial charge in [0, 0.05) is 4.75 Å². The van der Waals surface area contributed by atoms with Gasteiger partial charge < -0.3 is 0 Å². The summed E-state index contributed by atoms with van der Waals surface area (Å²) >= 11 is 4.77. The van der Waals surface area contributed by atoms with Crippen LogP contribution in [0.1, 0.15) is 24.8 Å². The van der Waals surface area contributed by atoms with Gasteiger partial charge >= 0.3 is 0 Å². The Bertz CT molecular complexity index is 315. The maximum absolute atomic E-state index is 4.77. The normalized spacial score (nSPS) is 26.4. The van der Waals surface area contributed by atoms with E-state index in [1.807, 2.05) is 0 Å². The summed E-state index contributed by atoms with van der Waals surface area (Å²) in [6.45, 7) is 0. The van der Waals surface area contributed by atoms with Crippen LogP contribution < -0.4 is 0 Å². The Hall–Kier alpha value is -0.690. The van der Waals surface area contributed by atoms with Crippen LogP contribution in [0, 0.1) is 0 Å². The molecule has 0 amide bonds. The Labute approximate surface area is 91.4 Å². The van der Waals surface area contributed by atoms with Gasteiger partial charge in [0.25, 0.3) is 0 Å². The molecule has 0 heterocycles. The van der Waals surface area contributed by atoms with Crippen molar-refractivity contribution in [2.75, 3.05) is 0 Å². The molecule has 0 fully saturated rings. The molecule has 0 saturated carbocycles. The van der Waals surface area contributed by atoms with E-state index < -0.39 is 0 Å². The first-order valence-corrected chi connectivity index (χ1v) is 5.67. The lowest BCUT2D eigenvalue weighted by Gasteiger charge is -2.27. The van der Waals surface area contributed by atoms with Crippen molar-refractivity contribution in [1.29, 1.82) is 0 Å². The molecule has 0 nitrogen and oxygen atoms in total. The van der Waals surface area contributed by atoms with Gasteiger partial charge in [0.2, 0.25) is 0 Å². The summed E-state index contributed by atoms with van der Waals surface area (Å²) in [5, 5.41) is 0. The van der Waals surface area contributed by atoms with Crippen molar-refractivity contribution < 1.29 is 0 Å². The molecule has 0 aliphatic heterocycles. The predicted octanol–water partition coefficient (Wildman–Crippen LogP) is 3.64. The Kier molecular flexibility index (Phi) is 2.97. The van der Waals surface area contributed by atoms with Gasteiger partial charge in [-0.1, -0.05) is 42.5 Å². The number of hydrogen-bond donors (Lipinski definition) is 1. The fraction of sp³-hybridized carbons (Fsp3) is 0.385. The fourth-order valence-corrected chi connectivity index (χ4v) is 2.45. The lowest BCUT2D eigenvalue weighted by atomic mass is 9.89. The molecule has 0 N–H and O–H groups in total. The highest BCUT2D eigenvalue weighted by Crippen LogP contribution is 2.31. The molecule has 0 radical (unpaired) electrons. The third-order valence-electron chi connectivity index (χ3n) is 2.76. The lowest BCUT2D eigenvalue weighted by Crippen LogP contribution is -2.23. The first-order valence-electron chi connectivity index (χ1n) is 5.23. The van der Waals surface area contributed by atoms with E-state index in [9.17, 15) is 0 Å². The highest BCUT2D eigenvalue weighted by Gasteiger charge is 2.23. The molecule has 1 atom stereocenters. The van der Waals surface area contributed by atoms with Crippen LogP contribution in [0.2, 0.25) is 0 Å². The third kappa shape index (κ3) is 2.42. The minimum absolute atomic E-state index is 0.0968. The van der Waals surface area contributed by atoms with Gasteiger partial charge in [-0.3, -0.25) is 0 Å². The van der Waals surface area contributed by atoms with Crippen molar-refractivity contribution in [3.63, 3.8) is 0 Å². The second-order valence-electron chi connectivity index (χ2n) is 4.06. The van der Waals surface area contributed by atoms with Crippen LogP contribution in [-0.4, -0.2) is 4.75 Å². The van der Waals surface area contributed by atoms with Crippen LogP contribution in [-0.2, 0) is 6.42 Å². The SMILES string of the molecule is S[C@@]1(Cc2ccccc2)C=CCCC1. The minimum Gasteiger partial charge on any atom is -0.168 e. The molecule has 1 heteroatoms. The Balaban J connectivity index is 2.10. The zero-order valence-corrected chi connectivity index (χ0v) is 9.21. The van der Waals surface area contributed by atoms with Gasteiger partial charge in [-0.15, -0.1) is 0 Å². The van der Waals surface area contributed by atoms with Gasteiger partial charge in [-0.05, 0) is 31.2 Å². The van der Waals surface area contributed by atoms with Crippen LogP contribution in [0.4, 0.5) is 0 Å². The minimum atomic E-state index is 0.0968. The van der Waals surface area contributed by atoms with Crippen LogP contribution in [0.15, 0.2) is 42.5 Å². The van der Waals surface area contributed by atoms with Gasteiger partial charge in [0.05, 0.1) is 0 Å². The summed E-state index contributed by atoms with van der Waals surface area (Å²) < 4.78 is 0.0968. The van der Waals surface area contributed by atoms with E-state index in [-0.39, 0.29) is 4.75 Å². The van der Waals surface area contributed by atoms with Crippen LogP contribution in [0.5, 0.6) is 0 Å². The summed E-state index contributed by atoms with van der Waals surface area (Å²) in [6.07, 6.45) is 9.27. The maximum Gasteiger partial charge on any atom is 0.0349 e. The summed E-state index contributed by atoms with van der Waals surface area (Å²) in [6, 6.07) is 10.6. The molecule has 0 unspecified atom stereocenters. The summed E-state index contributed by atoms with van der Waals surface area (Å²) in [5.74, 6) is 0. The summed E-state index contributed by atoms with van der Waals surface area (Å²) in [7, 11) is 0. The van der Waals surface area contributed by atoms with Crippen molar-refractivity contribution >= 4 is 12.6 Å². The molecule has 1 aromatic rings. The highest BCUT2D eigenvalue weighted by atomic mass is 32.1. The fourth-order valence-electron chi connectivity index (χ4n) is 2.01. The molecular weight excluding hydrogens is 188 g/mol. The molecule has 0 saturated heterocycles. The largest absolute Gasteiger partial charge is 0.168 e. The number of allylic oxidation sites excluding steroid dienone is 1. The van der Waals surface area contributed by atoms with Crippen molar-refractivity contribution in [3.05, 3.63) is 48.0 Å². The average Bonchev–Trinajstić information content (AvgIpc) is 2.19. The molecule has 0 bridgehead atoms. The van der Waals surface area contributed by atoms with Gasteiger partial charge in [-0.2, -0.15) is 12.6 Å². The van der Waals surface area contributed by atoms with Gasteiger partial charge in [-0.25, -0.2) is 0 Å². The zero-order valence-electron chi connectivity index (χ0n) is 8.32. The van der Waals surface area contributed by atoms with E-state index in [0.717, 1.165) is 6.42 Å². The number of thiol groups is 1. The van der Waals surface area contributed by atoms with E-state index in [2.05, 4.69) is 42.5 Å². The number of benzene rings is 1. The average molecular weight is 204 g/mol. The van der Waals surface area contributed by atoms with E-state index in [0.29, 0.717) is 0 Å². The Morgan fingerprint density at radius 3 is 2.64 bits per heavy atom. The molecule has 1 aliphatic carbocycles. The molecule has 0 spiro atoms. The van der Waals surface area contributed by atoms with Crippen molar-refractivity contribution in [2.24, 2.45) is 0 Å². The van der Waals surface area contributed by atoms with E-state index in [1.54, 1.807) is 0 Å². The highest BCUT2D eigenvalue weighted by molar-refractivity contribution is 7.82. The monoisotopic (exact) mass is 204 g/mol. The van der Waals surface area contributed by atoms with Gasteiger partial charge in [0.15, 0.2) is 0 Å². The third-order valence-corrected chi connectivity index (χ3v) is 3.29. The second-order valence-corrected chi connectivity index (χ2v) is 4.95. The molecular formula is C13H16S. The van der Waals surface area contributed by atoms with Crippen LogP contribution >= 0.6 is 12.6 Å². The lowest BCUT2D eigenvalue weighted by molar-refractivity contribution is 0.585. The smallest absolute Gasteiger partial charge is 0.0349 e. The Morgan fingerprint density at radius 2 is 2.00 bits per heavy atom.